The highest BCUT2D eigenvalue weighted by Gasteiger charge is 2.15. The fourth-order valence-electron chi connectivity index (χ4n) is 1.45. The SMILES string of the molecule is CC(CN(C)C(=O)C=Cc1ccc(Br)cc1)C(=O)O. The van der Waals surface area contributed by atoms with Crippen LogP contribution in [0.2, 0.25) is 0 Å². The van der Waals surface area contributed by atoms with Crippen LogP contribution in [0.1, 0.15) is 12.5 Å². The molecule has 0 fully saturated rings. The number of rotatable bonds is 5. The molecule has 0 saturated carbocycles. The Morgan fingerprint density at radius 1 is 1.37 bits per heavy atom. The molecule has 0 aliphatic carbocycles. The lowest BCUT2D eigenvalue weighted by atomic mass is 10.1. The standard InChI is InChI=1S/C14H16BrNO3/c1-10(14(18)19)9-16(2)13(17)8-5-11-3-6-12(15)7-4-11/h3-8,10H,9H2,1-2H3,(H,18,19). The lowest BCUT2D eigenvalue weighted by Crippen LogP contribution is -2.32. The molecule has 1 rings (SSSR count). The van der Waals surface area contributed by atoms with Crippen LogP contribution in [0.15, 0.2) is 34.8 Å². The van der Waals surface area contributed by atoms with Gasteiger partial charge < -0.3 is 10.0 Å². The van der Waals surface area contributed by atoms with Crippen molar-refractivity contribution in [1.82, 2.24) is 4.90 Å². The summed E-state index contributed by atoms with van der Waals surface area (Å²) in [7, 11) is 1.59. The fourth-order valence-corrected chi connectivity index (χ4v) is 1.71. The highest BCUT2D eigenvalue weighted by Crippen LogP contribution is 2.11. The van der Waals surface area contributed by atoms with Gasteiger partial charge in [0.25, 0.3) is 0 Å². The summed E-state index contributed by atoms with van der Waals surface area (Å²) in [5.41, 5.74) is 0.913. The number of carboxylic acids is 1. The van der Waals surface area contributed by atoms with Crippen molar-refractivity contribution in [3.8, 4) is 0 Å². The summed E-state index contributed by atoms with van der Waals surface area (Å²) in [5.74, 6) is -1.69. The molecule has 0 aliphatic heterocycles. The summed E-state index contributed by atoms with van der Waals surface area (Å²) in [5, 5.41) is 8.79. The Hall–Kier alpha value is -1.62. The zero-order valence-electron chi connectivity index (χ0n) is 10.8. The largest absolute Gasteiger partial charge is 0.481 e. The van der Waals surface area contributed by atoms with Crippen molar-refractivity contribution in [1.29, 1.82) is 0 Å². The molecule has 1 aromatic carbocycles. The Morgan fingerprint density at radius 2 is 1.95 bits per heavy atom. The second-order valence-electron chi connectivity index (χ2n) is 4.34. The normalized spacial score (nSPS) is 12.4. The first-order valence-electron chi connectivity index (χ1n) is 5.81. The third-order valence-electron chi connectivity index (χ3n) is 2.63. The maximum absolute atomic E-state index is 11.8. The Morgan fingerprint density at radius 3 is 2.47 bits per heavy atom. The first-order chi connectivity index (χ1) is 8.90. The highest BCUT2D eigenvalue weighted by molar-refractivity contribution is 9.10. The van der Waals surface area contributed by atoms with Crippen LogP contribution in [-0.2, 0) is 9.59 Å². The molecule has 19 heavy (non-hydrogen) atoms. The van der Waals surface area contributed by atoms with Crippen LogP contribution in [0.3, 0.4) is 0 Å². The molecule has 0 aliphatic rings. The highest BCUT2D eigenvalue weighted by atomic mass is 79.9. The van der Waals surface area contributed by atoms with Crippen LogP contribution in [0, 0.1) is 5.92 Å². The first-order valence-corrected chi connectivity index (χ1v) is 6.61. The average Bonchev–Trinajstić information content (AvgIpc) is 2.37. The number of hydrogen-bond donors (Lipinski definition) is 1. The summed E-state index contributed by atoms with van der Waals surface area (Å²) in [4.78, 5) is 23.9. The van der Waals surface area contributed by atoms with Gasteiger partial charge in [-0.25, -0.2) is 0 Å². The second-order valence-corrected chi connectivity index (χ2v) is 5.26. The van der Waals surface area contributed by atoms with Crippen LogP contribution in [-0.4, -0.2) is 35.5 Å². The molecule has 102 valence electrons. The number of carboxylic acid groups (broad SMARTS) is 1. The van der Waals surface area contributed by atoms with E-state index < -0.39 is 11.9 Å². The summed E-state index contributed by atoms with van der Waals surface area (Å²) >= 11 is 3.33. The van der Waals surface area contributed by atoms with Crippen molar-refractivity contribution in [3.63, 3.8) is 0 Å². The van der Waals surface area contributed by atoms with E-state index in [2.05, 4.69) is 15.9 Å². The zero-order chi connectivity index (χ0) is 14.4. The van der Waals surface area contributed by atoms with E-state index in [1.807, 2.05) is 24.3 Å². The Labute approximate surface area is 120 Å². The molecule has 1 amide bonds. The minimum Gasteiger partial charge on any atom is -0.481 e. The van der Waals surface area contributed by atoms with E-state index in [0.717, 1.165) is 10.0 Å². The fraction of sp³-hybridized carbons (Fsp3) is 0.286. The second kappa shape index (κ2) is 7.09. The molecular weight excluding hydrogens is 310 g/mol. The first kappa shape index (κ1) is 15.4. The molecule has 0 bridgehead atoms. The monoisotopic (exact) mass is 325 g/mol. The van der Waals surface area contributed by atoms with E-state index in [4.69, 9.17) is 5.11 Å². The van der Waals surface area contributed by atoms with E-state index >= 15 is 0 Å². The van der Waals surface area contributed by atoms with Crippen LogP contribution >= 0.6 is 15.9 Å². The minimum atomic E-state index is -0.906. The van der Waals surface area contributed by atoms with Crippen molar-refractivity contribution in [3.05, 3.63) is 40.4 Å². The Balaban J connectivity index is 2.58. The lowest BCUT2D eigenvalue weighted by molar-refractivity contribution is -0.142. The number of likely N-dealkylation sites (N-methyl/N-ethyl adjacent to an activating group) is 1. The predicted octanol–water partition coefficient (Wildman–Crippen LogP) is 2.64. The van der Waals surface area contributed by atoms with Crippen LogP contribution in [0.5, 0.6) is 0 Å². The Kier molecular flexibility index (Phi) is 5.76. The van der Waals surface area contributed by atoms with Gasteiger partial charge in [-0.15, -0.1) is 0 Å². The molecule has 0 heterocycles. The molecule has 1 aromatic rings. The van der Waals surface area contributed by atoms with Gasteiger partial charge in [0.05, 0.1) is 5.92 Å². The molecule has 1 unspecified atom stereocenters. The predicted molar refractivity (Wildman–Crippen MR) is 77.6 cm³/mol. The van der Waals surface area contributed by atoms with E-state index in [0.29, 0.717) is 0 Å². The van der Waals surface area contributed by atoms with Gasteiger partial charge in [0.1, 0.15) is 0 Å². The number of halogens is 1. The maximum atomic E-state index is 11.8. The summed E-state index contributed by atoms with van der Waals surface area (Å²) in [6, 6.07) is 7.54. The van der Waals surface area contributed by atoms with Gasteiger partial charge in [0, 0.05) is 24.1 Å². The number of carbonyl (C=O) groups is 2. The maximum Gasteiger partial charge on any atom is 0.308 e. The molecule has 1 atom stereocenters. The van der Waals surface area contributed by atoms with Gasteiger partial charge in [-0.3, -0.25) is 9.59 Å². The van der Waals surface area contributed by atoms with Crippen molar-refractivity contribution in [2.24, 2.45) is 5.92 Å². The van der Waals surface area contributed by atoms with Crippen molar-refractivity contribution in [2.45, 2.75) is 6.92 Å². The van der Waals surface area contributed by atoms with E-state index in [1.165, 1.54) is 11.0 Å². The number of hydrogen-bond acceptors (Lipinski definition) is 2. The van der Waals surface area contributed by atoms with E-state index in [1.54, 1.807) is 20.0 Å². The number of aliphatic carboxylic acids is 1. The van der Waals surface area contributed by atoms with Gasteiger partial charge in [0.15, 0.2) is 0 Å². The zero-order valence-corrected chi connectivity index (χ0v) is 12.4. The van der Waals surface area contributed by atoms with Gasteiger partial charge in [-0.05, 0) is 23.8 Å². The van der Waals surface area contributed by atoms with E-state index in [-0.39, 0.29) is 12.5 Å². The van der Waals surface area contributed by atoms with Crippen LogP contribution in [0.25, 0.3) is 6.08 Å². The number of nitrogens with zero attached hydrogens (tertiary/aromatic N) is 1. The molecule has 0 spiro atoms. The van der Waals surface area contributed by atoms with Crippen molar-refractivity contribution < 1.29 is 14.7 Å². The summed E-state index contributed by atoms with van der Waals surface area (Å²) in [6.07, 6.45) is 3.15. The van der Waals surface area contributed by atoms with Crippen LogP contribution < -0.4 is 0 Å². The quantitative estimate of drug-likeness (QED) is 0.847. The molecule has 0 radical (unpaired) electrons. The smallest absolute Gasteiger partial charge is 0.308 e. The number of amides is 1. The molecule has 0 saturated heterocycles. The van der Waals surface area contributed by atoms with Crippen molar-refractivity contribution in [2.75, 3.05) is 13.6 Å². The average molecular weight is 326 g/mol. The third-order valence-corrected chi connectivity index (χ3v) is 3.16. The summed E-state index contributed by atoms with van der Waals surface area (Å²) in [6.45, 7) is 1.77. The number of benzene rings is 1. The minimum absolute atomic E-state index is 0.193. The molecule has 4 nitrogen and oxygen atoms in total. The van der Waals surface area contributed by atoms with Gasteiger partial charge in [-0.1, -0.05) is 35.0 Å². The topological polar surface area (TPSA) is 57.6 Å². The lowest BCUT2D eigenvalue weighted by Gasteiger charge is -2.17. The molecule has 5 heteroatoms. The Bertz CT molecular complexity index is 482. The van der Waals surface area contributed by atoms with Crippen molar-refractivity contribution >= 4 is 33.9 Å². The molecule has 1 N–H and O–H groups in total. The molecular formula is C14H16BrNO3. The third kappa shape index (κ3) is 5.26. The van der Waals surface area contributed by atoms with Gasteiger partial charge >= 0.3 is 5.97 Å². The number of carbonyl (C=O) groups excluding carboxylic acids is 1. The van der Waals surface area contributed by atoms with Gasteiger partial charge in [0.2, 0.25) is 5.91 Å². The van der Waals surface area contributed by atoms with Crippen LogP contribution in [0.4, 0.5) is 0 Å². The van der Waals surface area contributed by atoms with Gasteiger partial charge in [-0.2, -0.15) is 0 Å². The summed E-state index contributed by atoms with van der Waals surface area (Å²) < 4.78 is 0.975. The molecule has 0 aromatic heterocycles. The van der Waals surface area contributed by atoms with E-state index in [9.17, 15) is 9.59 Å².